The highest BCUT2D eigenvalue weighted by Gasteiger charge is 2.37. The molecule has 0 amide bonds. The van der Waals surface area contributed by atoms with Crippen molar-refractivity contribution >= 4 is 0 Å². The minimum absolute atomic E-state index is 1.09. The molecule has 0 aromatic heterocycles. The average Bonchev–Trinajstić information content (AvgIpc) is 2.64. The lowest BCUT2D eigenvalue weighted by Gasteiger charge is -2.18. The highest BCUT2D eigenvalue weighted by molar-refractivity contribution is 5.37. The van der Waals surface area contributed by atoms with E-state index in [0.717, 1.165) is 13.0 Å². The Morgan fingerprint density at radius 3 is 3.30 bits per heavy atom. The molecule has 1 saturated heterocycles. The summed E-state index contributed by atoms with van der Waals surface area (Å²) in [4.78, 5) is 4.51. The van der Waals surface area contributed by atoms with E-state index >= 15 is 0 Å². The van der Waals surface area contributed by atoms with Crippen molar-refractivity contribution in [2.45, 2.75) is 6.42 Å². The van der Waals surface area contributed by atoms with Crippen LogP contribution in [-0.4, -0.2) is 16.3 Å². The van der Waals surface area contributed by atoms with Crippen molar-refractivity contribution in [3.63, 3.8) is 0 Å². The maximum absolute atomic E-state index is 2.32. The van der Waals surface area contributed by atoms with Crippen LogP contribution in [0.5, 0.6) is 0 Å². The van der Waals surface area contributed by atoms with Crippen LogP contribution >= 0.6 is 0 Å². The second-order valence-corrected chi connectivity index (χ2v) is 2.80. The van der Waals surface area contributed by atoms with Gasteiger partial charge in [-0.2, -0.15) is 0 Å². The fraction of sp³-hybridized carbons (Fsp3) is 0.250. The Bertz CT molecular complexity index is 273. The summed E-state index contributed by atoms with van der Waals surface area (Å²) in [5, 5.41) is 0. The molecule has 2 nitrogen and oxygen atoms in total. The maximum Gasteiger partial charge on any atom is 0.113 e. The predicted molar refractivity (Wildman–Crippen MR) is 38.5 cm³/mol. The molecule has 50 valence electrons. The molecule has 3 heterocycles. The van der Waals surface area contributed by atoms with Gasteiger partial charge in [0.1, 0.15) is 5.82 Å². The van der Waals surface area contributed by atoms with Crippen molar-refractivity contribution in [2.24, 2.45) is 0 Å². The van der Waals surface area contributed by atoms with Gasteiger partial charge in [0.05, 0.1) is 12.2 Å². The number of hydrogen-bond donors (Lipinski definition) is 0. The minimum atomic E-state index is 1.09. The van der Waals surface area contributed by atoms with E-state index in [2.05, 4.69) is 34.4 Å². The molecule has 0 N–H and O–H groups in total. The second-order valence-electron chi connectivity index (χ2n) is 2.80. The molecule has 2 heteroatoms. The summed E-state index contributed by atoms with van der Waals surface area (Å²) in [6.07, 6.45) is 9.85. The zero-order valence-corrected chi connectivity index (χ0v) is 5.62. The predicted octanol–water partition coefficient (Wildman–Crippen LogP) is 1.22. The molecule has 0 atom stereocenters. The SMILES string of the molecule is C1=CN2C=C3CN3C2=CC1. The fourth-order valence-corrected chi connectivity index (χ4v) is 1.51. The lowest BCUT2D eigenvalue weighted by molar-refractivity contribution is 0.513. The Morgan fingerprint density at radius 2 is 2.40 bits per heavy atom. The molecule has 10 heavy (non-hydrogen) atoms. The Balaban J connectivity index is 2.09. The molecule has 0 bridgehead atoms. The van der Waals surface area contributed by atoms with E-state index in [0.29, 0.717) is 0 Å². The maximum atomic E-state index is 2.32. The number of fused-ring (bicyclic) bond motifs is 3. The van der Waals surface area contributed by atoms with Gasteiger partial charge < -0.3 is 9.80 Å². The van der Waals surface area contributed by atoms with Crippen LogP contribution in [0.15, 0.2) is 36.1 Å². The zero-order chi connectivity index (χ0) is 6.55. The summed E-state index contributed by atoms with van der Waals surface area (Å²) < 4.78 is 0. The molecular formula is C8H8N2. The lowest BCUT2D eigenvalue weighted by atomic mass is 10.3. The molecule has 3 rings (SSSR count). The van der Waals surface area contributed by atoms with Crippen molar-refractivity contribution in [1.82, 2.24) is 9.80 Å². The van der Waals surface area contributed by atoms with Crippen LogP contribution in [0.3, 0.4) is 0 Å². The van der Waals surface area contributed by atoms with Crippen molar-refractivity contribution < 1.29 is 0 Å². The molecule has 0 aliphatic carbocycles. The standard InChI is InChI=1S/C8H8N2/c1-2-4-9-5-7-6-10(7)8(9)3-1/h2-5H,1,6H2. The van der Waals surface area contributed by atoms with Gasteiger partial charge in [-0.3, -0.25) is 0 Å². The number of allylic oxidation sites excluding steroid dienone is 2. The lowest BCUT2D eigenvalue weighted by Crippen LogP contribution is -2.13. The molecule has 0 radical (unpaired) electrons. The van der Waals surface area contributed by atoms with E-state index in [1.165, 1.54) is 11.5 Å². The Labute approximate surface area is 59.7 Å². The summed E-state index contributed by atoms with van der Waals surface area (Å²) in [7, 11) is 0. The molecule has 0 saturated carbocycles. The van der Waals surface area contributed by atoms with Crippen LogP contribution in [0, 0.1) is 0 Å². The van der Waals surface area contributed by atoms with Crippen molar-refractivity contribution in [2.75, 3.05) is 6.54 Å². The molecule has 0 unspecified atom stereocenters. The van der Waals surface area contributed by atoms with Crippen LogP contribution < -0.4 is 0 Å². The highest BCUT2D eigenvalue weighted by atomic mass is 15.5. The van der Waals surface area contributed by atoms with Crippen molar-refractivity contribution in [3.8, 4) is 0 Å². The van der Waals surface area contributed by atoms with Crippen LogP contribution in [0.1, 0.15) is 6.42 Å². The summed E-state index contributed by atoms with van der Waals surface area (Å²) in [5.41, 5.74) is 1.46. The first-order valence-electron chi connectivity index (χ1n) is 3.58. The first-order chi connectivity index (χ1) is 4.95. The summed E-state index contributed by atoms with van der Waals surface area (Å²) in [6, 6.07) is 0. The van der Waals surface area contributed by atoms with E-state index in [9.17, 15) is 0 Å². The van der Waals surface area contributed by atoms with Crippen molar-refractivity contribution in [3.05, 3.63) is 36.1 Å². The third-order valence-electron chi connectivity index (χ3n) is 2.10. The van der Waals surface area contributed by atoms with Crippen LogP contribution in [0.25, 0.3) is 0 Å². The Morgan fingerprint density at radius 1 is 1.40 bits per heavy atom. The van der Waals surface area contributed by atoms with Gasteiger partial charge in [-0.25, -0.2) is 0 Å². The normalized spacial score (nSPS) is 25.6. The van der Waals surface area contributed by atoms with Gasteiger partial charge >= 0.3 is 0 Å². The molecule has 0 spiro atoms. The third kappa shape index (κ3) is 0.407. The van der Waals surface area contributed by atoms with E-state index in [1.807, 2.05) is 0 Å². The van der Waals surface area contributed by atoms with Gasteiger partial charge in [0, 0.05) is 12.4 Å². The molecule has 3 aliphatic rings. The largest absolute Gasteiger partial charge is 0.322 e. The van der Waals surface area contributed by atoms with E-state index in [1.54, 1.807) is 0 Å². The van der Waals surface area contributed by atoms with Gasteiger partial charge in [-0.15, -0.1) is 0 Å². The monoisotopic (exact) mass is 132 g/mol. The molecule has 3 aliphatic heterocycles. The van der Waals surface area contributed by atoms with Gasteiger partial charge in [-0.05, 0) is 12.5 Å². The molecule has 1 fully saturated rings. The van der Waals surface area contributed by atoms with Gasteiger partial charge in [0.2, 0.25) is 0 Å². The quantitative estimate of drug-likeness (QED) is 0.457. The first-order valence-corrected chi connectivity index (χ1v) is 3.58. The molecular weight excluding hydrogens is 124 g/mol. The average molecular weight is 132 g/mol. The summed E-state index contributed by atoms with van der Waals surface area (Å²) in [5.74, 6) is 1.36. The topological polar surface area (TPSA) is 6.25 Å². The minimum Gasteiger partial charge on any atom is -0.322 e. The smallest absolute Gasteiger partial charge is 0.113 e. The van der Waals surface area contributed by atoms with Gasteiger partial charge in [0.15, 0.2) is 0 Å². The van der Waals surface area contributed by atoms with Gasteiger partial charge in [-0.1, -0.05) is 6.08 Å². The summed E-state index contributed by atoms with van der Waals surface area (Å²) >= 11 is 0. The Kier molecular flexibility index (Phi) is 0.592. The molecule has 0 aromatic rings. The molecule has 0 aromatic carbocycles. The second kappa shape index (κ2) is 1.29. The third-order valence-corrected chi connectivity index (χ3v) is 2.10. The van der Waals surface area contributed by atoms with Crippen LogP contribution in [-0.2, 0) is 0 Å². The van der Waals surface area contributed by atoms with Crippen molar-refractivity contribution in [1.29, 1.82) is 0 Å². The van der Waals surface area contributed by atoms with Crippen LogP contribution in [0.4, 0.5) is 0 Å². The van der Waals surface area contributed by atoms with E-state index in [4.69, 9.17) is 0 Å². The highest BCUT2D eigenvalue weighted by Crippen LogP contribution is 2.39. The number of rotatable bonds is 0. The first kappa shape index (κ1) is 4.61. The fourth-order valence-electron chi connectivity index (χ4n) is 1.51. The zero-order valence-electron chi connectivity index (χ0n) is 5.62. The number of nitrogens with zero attached hydrogens (tertiary/aromatic N) is 2. The Hall–Kier alpha value is -1.18. The van der Waals surface area contributed by atoms with Crippen LogP contribution in [0.2, 0.25) is 0 Å². The van der Waals surface area contributed by atoms with E-state index < -0.39 is 0 Å². The number of hydrogen-bond acceptors (Lipinski definition) is 2. The van der Waals surface area contributed by atoms with Gasteiger partial charge in [0.25, 0.3) is 0 Å². The van der Waals surface area contributed by atoms with E-state index in [-0.39, 0.29) is 0 Å². The summed E-state index contributed by atoms with van der Waals surface area (Å²) in [6.45, 7) is 1.16.